The predicted molar refractivity (Wildman–Crippen MR) is 84.4 cm³/mol. The van der Waals surface area contributed by atoms with Crippen LogP contribution in [0.4, 0.5) is 0 Å². The Morgan fingerprint density at radius 2 is 2.05 bits per heavy atom. The summed E-state index contributed by atoms with van der Waals surface area (Å²) < 4.78 is 2.06. The van der Waals surface area contributed by atoms with Crippen LogP contribution in [0.2, 0.25) is 0 Å². The number of aryl methyl sites for hydroxylation is 1. The molecule has 2 aromatic carbocycles. The fourth-order valence-corrected chi connectivity index (χ4v) is 3.27. The predicted octanol–water partition coefficient (Wildman–Crippen LogP) is 3.28. The van der Waals surface area contributed by atoms with Crippen LogP contribution in [-0.2, 0) is 0 Å². The van der Waals surface area contributed by atoms with Crippen LogP contribution in [0.1, 0.15) is 35.3 Å². The normalized spacial score (nSPS) is 17.1. The van der Waals surface area contributed by atoms with E-state index in [-0.39, 0.29) is 6.04 Å². The number of nitrogens with zero attached hydrogens (tertiary/aromatic N) is 3. The van der Waals surface area contributed by atoms with Gasteiger partial charge < -0.3 is 9.67 Å². The zero-order valence-corrected chi connectivity index (χ0v) is 12.3. The van der Waals surface area contributed by atoms with Gasteiger partial charge in [-0.25, -0.2) is 0 Å². The first-order valence-corrected chi connectivity index (χ1v) is 7.47. The molecule has 0 saturated carbocycles. The summed E-state index contributed by atoms with van der Waals surface area (Å²) in [6.07, 6.45) is 1.86. The van der Waals surface area contributed by atoms with E-state index >= 15 is 0 Å². The standard InChI is InChI=1S/C18H17N3O/c1-12-5-4-6-13(9-12)17(22)10-16-14-7-2-3-8-15(14)18-20-19-11-21(16)18/h2-9,11,16-17,22H,10H2,1H3. The number of aromatic nitrogens is 3. The molecule has 4 heteroatoms. The first kappa shape index (κ1) is 13.2. The minimum atomic E-state index is -0.508. The molecule has 0 fully saturated rings. The Hall–Kier alpha value is -2.46. The number of hydrogen-bond donors (Lipinski definition) is 1. The van der Waals surface area contributed by atoms with Gasteiger partial charge in [-0.2, -0.15) is 0 Å². The maximum absolute atomic E-state index is 10.6. The Bertz CT molecular complexity index is 824. The lowest BCUT2D eigenvalue weighted by Gasteiger charge is -2.19. The molecule has 2 atom stereocenters. The van der Waals surface area contributed by atoms with Crippen molar-refractivity contribution in [3.05, 3.63) is 71.5 Å². The van der Waals surface area contributed by atoms with Gasteiger partial charge in [-0.15, -0.1) is 10.2 Å². The van der Waals surface area contributed by atoms with Gasteiger partial charge in [-0.3, -0.25) is 0 Å². The highest BCUT2D eigenvalue weighted by atomic mass is 16.3. The van der Waals surface area contributed by atoms with Gasteiger partial charge in [0.25, 0.3) is 0 Å². The third-order valence-corrected chi connectivity index (χ3v) is 4.34. The number of hydrogen-bond acceptors (Lipinski definition) is 3. The van der Waals surface area contributed by atoms with Gasteiger partial charge in [0.05, 0.1) is 12.1 Å². The minimum Gasteiger partial charge on any atom is -0.388 e. The van der Waals surface area contributed by atoms with Crippen molar-refractivity contribution in [2.24, 2.45) is 0 Å². The summed E-state index contributed by atoms with van der Waals surface area (Å²) in [6.45, 7) is 2.04. The largest absolute Gasteiger partial charge is 0.388 e. The Balaban J connectivity index is 1.69. The van der Waals surface area contributed by atoms with E-state index < -0.39 is 6.10 Å². The summed E-state index contributed by atoms with van der Waals surface area (Å²) >= 11 is 0. The van der Waals surface area contributed by atoms with Crippen LogP contribution in [0, 0.1) is 6.92 Å². The first-order valence-electron chi connectivity index (χ1n) is 7.47. The van der Waals surface area contributed by atoms with Crippen LogP contribution in [0.3, 0.4) is 0 Å². The second-order valence-electron chi connectivity index (χ2n) is 5.83. The summed E-state index contributed by atoms with van der Waals surface area (Å²) in [5.41, 5.74) is 4.44. The third kappa shape index (κ3) is 2.04. The molecule has 1 aromatic heterocycles. The Labute approximate surface area is 129 Å². The van der Waals surface area contributed by atoms with Crippen LogP contribution in [0.5, 0.6) is 0 Å². The van der Waals surface area contributed by atoms with Crippen molar-refractivity contribution in [2.45, 2.75) is 25.5 Å². The summed E-state index contributed by atoms with van der Waals surface area (Å²) in [5, 5.41) is 18.9. The van der Waals surface area contributed by atoms with Crippen LogP contribution in [-0.4, -0.2) is 19.9 Å². The van der Waals surface area contributed by atoms with E-state index in [1.165, 1.54) is 5.56 Å². The number of aliphatic hydroxyl groups is 1. The van der Waals surface area contributed by atoms with Gasteiger partial charge in [0.15, 0.2) is 5.82 Å². The molecule has 0 radical (unpaired) electrons. The van der Waals surface area contributed by atoms with Crippen molar-refractivity contribution in [1.29, 1.82) is 0 Å². The molecule has 22 heavy (non-hydrogen) atoms. The fraction of sp³-hybridized carbons (Fsp3) is 0.222. The van der Waals surface area contributed by atoms with Gasteiger partial charge in [-0.1, -0.05) is 54.1 Å². The maximum Gasteiger partial charge on any atom is 0.164 e. The fourth-order valence-electron chi connectivity index (χ4n) is 3.27. The maximum atomic E-state index is 10.6. The molecule has 4 rings (SSSR count). The van der Waals surface area contributed by atoms with Crippen molar-refractivity contribution in [1.82, 2.24) is 14.8 Å². The Morgan fingerprint density at radius 1 is 1.18 bits per heavy atom. The van der Waals surface area contributed by atoms with Crippen molar-refractivity contribution < 1.29 is 5.11 Å². The van der Waals surface area contributed by atoms with Gasteiger partial charge >= 0.3 is 0 Å². The van der Waals surface area contributed by atoms with Crippen LogP contribution >= 0.6 is 0 Å². The second-order valence-corrected chi connectivity index (χ2v) is 5.83. The van der Waals surface area contributed by atoms with Gasteiger partial charge in [0, 0.05) is 12.0 Å². The third-order valence-electron chi connectivity index (χ3n) is 4.34. The highest BCUT2D eigenvalue weighted by molar-refractivity contribution is 5.65. The SMILES string of the molecule is Cc1cccc(C(O)CC2c3ccccc3-c3nncn32)c1. The van der Waals surface area contributed by atoms with Crippen LogP contribution in [0.15, 0.2) is 54.9 Å². The molecule has 1 aliphatic rings. The van der Waals surface area contributed by atoms with Crippen molar-refractivity contribution in [2.75, 3.05) is 0 Å². The molecule has 0 spiro atoms. The van der Waals surface area contributed by atoms with Crippen LogP contribution in [0.25, 0.3) is 11.4 Å². The molecule has 2 heterocycles. The summed E-state index contributed by atoms with van der Waals surface area (Å²) in [4.78, 5) is 0. The lowest BCUT2D eigenvalue weighted by molar-refractivity contribution is 0.153. The van der Waals surface area contributed by atoms with Crippen molar-refractivity contribution >= 4 is 0 Å². The lowest BCUT2D eigenvalue weighted by Crippen LogP contribution is -2.10. The molecular formula is C18H17N3O. The topological polar surface area (TPSA) is 50.9 Å². The highest BCUT2D eigenvalue weighted by Gasteiger charge is 2.31. The smallest absolute Gasteiger partial charge is 0.164 e. The highest BCUT2D eigenvalue weighted by Crippen LogP contribution is 2.41. The van der Waals surface area contributed by atoms with E-state index in [0.29, 0.717) is 6.42 Å². The lowest BCUT2D eigenvalue weighted by atomic mass is 9.95. The van der Waals surface area contributed by atoms with E-state index in [0.717, 1.165) is 22.5 Å². The number of fused-ring (bicyclic) bond motifs is 3. The minimum absolute atomic E-state index is 0.0803. The Morgan fingerprint density at radius 3 is 2.91 bits per heavy atom. The number of rotatable bonds is 3. The average Bonchev–Trinajstić information content (AvgIpc) is 3.10. The molecule has 4 nitrogen and oxygen atoms in total. The van der Waals surface area contributed by atoms with E-state index in [1.807, 2.05) is 43.3 Å². The van der Waals surface area contributed by atoms with Gasteiger partial charge in [-0.05, 0) is 18.1 Å². The number of aliphatic hydroxyl groups excluding tert-OH is 1. The molecule has 2 unspecified atom stereocenters. The van der Waals surface area contributed by atoms with E-state index in [2.05, 4.69) is 26.9 Å². The second kappa shape index (κ2) is 5.07. The molecule has 0 aliphatic carbocycles. The zero-order chi connectivity index (χ0) is 15.1. The van der Waals surface area contributed by atoms with Crippen LogP contribution < -0.4 is 0 Å². The molecule has 0 saturated heterocycles. The zero-order valence-electron chi connectivity index (χ0n) is 12.3. The van der Waals surface area contributed by atoms with E-state index in [9.17, 15) is 5.11 Å². The molecular weight excluding hydrogens is 274 g/mol. The van der Waals surface area contributed by atoms with Gasteiger partial charge in [0.2, 0.25) is 0 Å². The monoisotopic (exact) mass is 291 g/mol. The first-order chi connectivity index (χ1) is 10.7. The van der Waals surface area contributed by atoms with Gasteiger partial charge in [0.1, 0.15) is 6.33 Å². The quantitative estimate of drug-likeness (QED) is 0.805. The summed E-state index contributed by atoms with van der Waals surface area (Å²) in [5.74, 6) is 0.886. The molecule has 3 aromatic rings. The number of benzene rings is 2. The molecule has 0 amide bonds. The molecule has 1 N–H and O–H groups in total. The van der Waals surface area contributed by atoms with E-state index in [4.69, 9.17) is 0 Å². The van der Waals surface area contributed by atoms with Crippen molar-refractivity contribution in [3.63, 3.8) is 0 Å². The summed E-state index contributed by atoms with van der Waals surface area (Å²) in [7, 11) is 0. The Kier molecular flexibility index (Phi) is 3.05. The molecule has 1 aliphatic heterocycles. The molecule has 110 valence electrons. The average molecular weight is 291 g/mol. The van der Waals surface area contributed by atoms with E-state index in [1.54, 1.807) is 6.33 Å². The van der Waals surface area contributed by atoms with Crippen molar-refractivity contribution in [3.8, 4) is 11.4 Å². The molecule has 0 bridgehead atoms. The summed E-state index contributed by atoms with van der Waals surface area (Å²) in [6, 6.07) is 16.3.